The van der Waals surface area contributed by atoms with Crippen LogP contribution in [0.25, 0.3) is 22.3 Å². The fourth-order valence-corrected chi connectivity index (χ4v) is 3.47. The number of hydrogen-bond acceptors (Lipinski definition) is 8. The second-order valence-corrected chi connectivity index (χ2v) is 7.75. The Hall–Kier alpha value is -4.33. The standard InChI is InChI=1S/C27H28O8/c1-16(15-35-17(2)28)11-12-34-23-10-7-19(13-22(23)30)25-24(32-3)14-21(27(33-4)26(25)31)18-5-8-20(29)9-6-18/h5-11,13-14,29-31H,12,15H2,1-4H3/b16-11-. The molecule has 3 rings (SSSR count). The smallest absolute Gasteiger partial charge is 0.302 e. The number of phenols is 3. The van der Waals surface area contributed by atoms with Gasteiger partial charge >= 0.3 is 5.97 Å². The molecule has 0 saturated heterocycles. The molecule has 0 aliphatic heterocycles. The predicted octanol–water partition coefficient (Wildman–Crippen LogP) is 5.04. The predicted molar refractivity (Wildman–Crippen MR) is 131 cm³/mol. The monoisotopic (exact) mass is 480 g/mol. The highest BCUT2D eigenvalue weighted by atomic mass is 16.5. The van der Waals surface area contributed by atoms with Crippen molar-refractivity contribution in [3.8, 4) is 56.8 Å². The van der Waals surface area contributed by atoms with E-state index in [1.807, 2.05) is 0 Å². The summed E-state index contributed by atoms with van der Waals surface area (Å²) in [6.45, 7) is 3.49. The molecule has 8 nitrogen and oxygen atoms in total. The van der Waals surface area contributed by atoms with Crippen molar-refractivity contribution in [2.75, 3.05) is 27.4 Å². The molecular weight excluding hydrogens is 452 g/mol. The Morgan fingerprint density at radius 1 is 0.886 bits per heavy atom. The number of aromatic hydroxyl groups is 3. The van der Waals surface area contributed by atoms with Crippen LogP contribution in [-0.4, -0.2) is 48.7 Å². The zero-order valence-electron chi connectivity index (χ0n) is 20.0. The number of esters is 1. The average Bonchev–Trinajstić information content (AvgIpc) is 2.83. The molecule has 0 aliphatic rings. The highest BCUT2D eigenvalue weighted by Crippen LogP contribution is 2.50. The molecular formula is C27H28O8. The lowest BCUT2D eigenvalue weighted by Crippen LogP contribution is -2.03. The van der Waals surface area contributed by atoms with Crippen molar-refractivity contribution >= 4 is 5.97 Å². The normalized spacial score (nSPS) is 11.1. The number of carbonyl (C=O) groups excluding carboxylic acids is 1. The molecule has 0 bridgehead atoms. The highest BCUT2D eigenvalue weighted by molar-refractivity contribution is 5.88. The Balaban J connectivity index is 1.92. The van der Waals surface area contributed by atoms with Gasteiger partial charge in [-0.15, -0.1) is 0 Å². The van der Waals surface area contributed by atoms with E-state index in [1.165, 1.54) is 39.3 Å². The van der Waals surface area contributed by atoms with Crippen molar-refractivity contribution in [1.82, 2.24) is 0 Å². The molecule has 8 heteroatoms. The van der Waals surface area contributed by atoms with Gasteiger partial charge in [-0.1, -0.05) is 18.2 Å². The summed E-state index contributed by atoms with van der Waals surface area (Å²) in [6, 6.07) is 12.9. The molecule has 0 spiro atoms. The highest BCUT2D eigenvalue weighted by Gasteiger charge is 2.22. The second kappa shape index (κ2) is 11.2. The van der Waals surface area contributed by atoms with E-state index in [0.29, 0.717) is 28.0 Å². The Morgan fingerprint density at radius 2 is 1.57 bits per heavy atom. The second-order valence-electron chi connectivity index (χ2n) is 7.75. The number of benzene rings is 3. The quantitative estimate of drug-likeness (QED) is 0.288. The van der Waals surface area contributed by atoms with Crippen molar-refractivity contribution in [3.63, 3.8) is 0 Å². The van der Waals surface area contributed by atoms with Crippen LogP contribution in [0.2, 0.25) is 0 Å². The molecule has 0 heterocycles. The molecule has 3 aromatic carbocycles. The molecule has 3 N–H and O–H groups in total. The van der Waals surface area contributed by atoms with Gasteiger partial charge in [-0.3, -0.25) is 4.79 Å². The summed E-state index contributed by atoms with van der Waals surface area (Å²) >= 11 is 0. The first-order chi connectivity index (χ1) is 16.7. The van der Waals surface area contributed by atoms with E-state index in [2.05, 4.69) is 0 Å². The summed E-state index contributed by atoms with van der Waals surface area (Å²) in [5, 5.41) is 31.2. The topological polar surface area (TPSA) is 115 Å². The van der Waals surface area contributed by atoms with E-state index < -0.39 is 0 Å². The van der Waals surface area contributed by atoms with Crippen LogP contribution in [0.1, 0.15) is 13.8 Å². The lowest BCUT2D eigenvalue weighted by Gasteiger charge is -2.18. The largest absolute Gasteiger partial charge is 0.508 e. The minimum Gasteiger partial charge on any atom is -0.508 e. The van der Waals surface area contributed by atoms with Crippen LogP contribution in [0.3, 0.4) is 0 Å². The first-order valence-electron chi connectivity index (χ1n) is 10.8. The van der Waals surface area contributed by atoms with E-state index >= 15 is 0 Å². The van der Waals surface area contributed by atoms with Crippen LogP contribution in [0.15, 0.2) is 60.2 Å². The molecule has 0 aliphatic carbocycles. The third kappa shape index (κ3) is 5.97. The first-order valence-corrected chi connectivity index (χ1v) is 10.8. The van der Waals surface area contributed by atoms with Crippen molar-refractivity contribution in [1.29, 1.82) is 0 Å². The van der Waals surface area contributed by atoms with Gasteiger partial charge in [0.25, 0.3) is 0 Å². The SMILES string of the molecule is COc1cc(-c2ccc(O)cc2)c(OC)c(O)c1-c1ccc(OC/C=C(/C)COC(C)=O)c(O)c1. The molecule has 0 aromatic heterocycles. The summed E-state index contributed by atoms with van der Waals surface area (Å²) < 4.78 is 21.6. The van der Waals surface area contributed by atoms with Gasteiger partial charge in [0.05, 0.1) is 19.8 Å². The summed E-state index contributed by atoms with van der Waals surface area (Å²) in [7, 11) is 2.92. The zero-order valence-corrected chi connectivity index (χ0v) is 20.0. The molecule has 3 aromatic rings. The van der Waals surface area contributed by atoms with Crippen molar-refractivity contribution in [2.24, 2.45) is 0 Å². The van der Waals surface area contributed by atoms with E-state index in [1.54, 1.807) is 43.3 Å². The van der Waals surface area contributed by atoms with Gasteiger partial charge in [0.2, 0.25) is 0 Å². The summed E-state index contributed by atoms with van der Waals surface area (Å²) in [5.74, 6) is 0.301. The number of carbonyl (C=O) groups is 1. The van der Waals surface area contributed by atoms with Crippen LogP contribution in [-0.2, 0) is 9.53 Å². The summed E-state index contributed by atoms with van der Waals surface area (Å²) in [5.41, 5.74) is 2.92. The number of hydrogen-bond donors (Lipinski definition) is 3. The van der Waals surface area contributed by atoms with E-state index in [0.717, 1.165) is 5.57 Å². The summed E-state index contributed by atoms with van der Waals surface area (Å²) in [4.78, 5) is 10.9. The van der Waals surface area contributed by atoms with Gasteiger partial charge in [0.1, 0.15) is 24.7 Å². The lowest BCUT2D eigenvalue weighted by molar-refractivity contribution is -0.139. The molecule has 0 amide bonds. The molecule has 0 saturated carbocycles. The maximum absolute atomic E-state index is 11.1. The van der Waals surface area contributed by atoms with E-state index in [-0.39, 0.29) is 47.9 Å². The van der Waals surface area contributed by atoms with Gasteiger partial charge in [0.15, 0.2) is 23.0 Å². The molecule has 0 fully saturated rings. The van der Waals surface area contributed by atoms with Gasteiger partial charge in [-0.05, 0) is 60.0 Å². The molecule has 0 radical (unpaired) electrons. The van der Waals surface area contributed by atoms with Gasteiger partial charge in [-0.25, -0.2) is 0 Å². The zero-order chi connectivity index (χ0) is 25.5. The Kier molecular flexibility index (Phi) is 8.09. The maximum Gasteiger partial charge on any atom is 0.302 e. The van der Waals surface area contributed by atoms with E-state index in [9.17, 15) is 20.1 Å². The fraction of sp³-hybridized carbons (Fsp3) is 0.222. The number of methoxy groups -OCH3 is 2. The maximum atomic E-state index is 11.1. The number of phenolic OH excluding ortho intramolecular Hbond substituents is 3. The third-order valence-electron chi connectivity index (χ3n) is 5.24. The Morgan fingerprint density at radius 3 is 2.17 bits per heavy atom. The Bertz CT molecular complexity index is 1230. The first kappa shape index (κ1) is 25.3. The van der Waals surface area contributed by atoms with Gasteiger partial charge < -0.3 is 34.3 Å². The molecule has 0 unspecified atom stereocenters. The van der Waals surface area contributed by atoms with Crippen molar-refractivity contribution in [3.05, 3.63) is 60.2 Å². The van der Waals surface area contributed by atoms with Crippen molar-refractivity contribution in [2.45, 2.75) is 13.8 Å². The Labute approximate surface area is 203 Å². The van der Waals surface area contributed by atoms with Crippen LogP contribution >= 0.6 is 0 Å². The fourth-order valence-electron chi connectivity index (χ4n) is 3.47. The molecule has 0 atom stereocenters. The molecule has 35 heavy (non-hydrogen) atoms. The van der Waals surface area contributed by atoms with Crippen LogP contribution in [0, 0.1) is 0 Å². The average molecular weight is 481 g/mol. The van der Waals surface area contributed by atoms with E-state index in [4.69, 9.17) is 18.9 Å². The number of ether oxygens (including phenoxy) is 4. The minimum absolute atomic E-state index is 0.119. The van der Waals surface area contributed by atoms with Crippen LogP contribution < -0.4 is 14.2 Å². The molecule has 184 valence electrons. The lowest BCUT2D eigenvalue weighted by atomic mass is 9.96. The third-order valence-corrected chi connectivity index (χ3v) is 5.24. The summed E-state index contributed by atoms with van der Waals surface area (Å²) in [6.07, 6.45) is 1.75. The van der Waals surface area contributed by atoms with Gasteiger partial charge in [-0.2, -0.15) is 0 Å². The van der Waals surface area contributed by atoms with Crippen LogP contribution in [0.4, 0.5) is 0 Å². The van der Waals surface area contributed by atoms with Crippen LogP contribution in [0.5, 0.6) is 34.5 Å². The van der Waals surface area contributed by atoms with Gasteiger partial charge in [0, 0.05) is 12.5 Å². The minimum atomic E-state index is -0.363. The number of rotatable bonds is 9. The van der Waals surface area contributed by atoms with Crippen molar-refractivity contribution < 1.29 is 39.1 Å².